The molecule has 1 aromatic carbocycles. The molecule has 2 aromatic rings. The quantitative estimate of drug-likeness (QED) is 0.912. The fourth-order valence-electron chi connectivity index (χ4n) is 2.20. The molecule has 22 heavy (non-hydrogen) atoms. The summed E-state index contributed by atoms with van der Waals surface area (Å²) >= 11 is 0. The number of carbonyl (C=O) groups excluding carboxylic acids is 1. The summed E-state index contributed by atoms with van der Waals surface area (Å²) in [6.07, 6.45) is 1.83. The van der Waals surface area contributed by atoms with Crippen molar-refractivity contribution in [2.45, 2.75) is 31.6 Å². The van der Waals surface area contributed by atoms with Gasteiger partial charge in [-0.2, -0.15) is 0 Å². The second kappa shape index (κ2) is 6.31. The van der Waals surface area contributed by atoms with E-state index in [0.717, 1.165) is 17.5 Å². The molecular weight excluding hydrogens is 304 g/mol. The number of sulfone groups is 1. The van der Waals surface area contributed by atoms with E-state index in [-0.39, 0.29) is 17.2 Å². The van der Waals surface area contributed by atoms with E-state index in [1.807, 2.05) is 6.92 Å². The average Bonchev–Trinajstić information content (AvgIpc) is 2.75. The normalized spacial score (nSPS) is 11.4. The summed E-state index contributed by atoms with van der Waals surface area (Å²) in [5.41, 5.74) is 1.97. The number of hydrogen-bond donors (Lipinski definition) is 1. The van der Waals surface area contributed by atoms with Crippen LogP contribution in [0.5, 0.6) is 0 Å². The molecule has 0 aliphatic carbocycles. The largest absolute Gasteiger partial charge is 0.361 e. The Morgan fingerprint density at radius 1 is 1.27 bits per heavy atom. The third-order valence-corrected chi connectivity index (χ3v) is 4.50. The zero-order valence-corrected chi connectivity index (χ0v) is 13.5. The Bertz CT molecular complexity index is 774. The molecule has 1 amide bonds. The smallest absolute Gasteiger partial charge is 0.224 e. The van der Waals surface area contributed by atoms with Gasteiger partial charge < -0.3 is 9.84 Å². The van der Waals surface area contributed by atoms with Crippen LogP contribution in [0.25, 0.3) is 0 Å². The lowest BCUT2D eigenvalue weighted by molar-refractivity contribution is -0.116. The Morgan fingerprint density at radius 2 is 1.95 bits per heavy atom. The van der Waals surface area contributed by atoms with Gasteiger partial charge in [0.05, 0.1) is 16.3 Å². The highest BCUT2D eigenvalue weighted by Gasteiger charge is 2.15. The van der Waals surface area contributed by atoms with Crippen LogP contribution in [0.15, 0.2) is 33.7 Å². The summed E-state index contributed by atoms with van der Waals surface area (Å²) in [4.78, 5) is 12.2. The first-order chi connectivity index (χ1) is 10.3. The molecule has 0 aliphatic heterocycles. The molecule has 0 atom stereocenters. The molecule has 0 spiro atoms. The summed E-state index contributed by atoms with van der Waals surface area (Å²) < 4.78 is 28.4. The van der Waals surface area contributed by atoms with E-state index in [9.17, 15) is 13.2 Å². The molecule has 1 heterocycles. The van der Waals surface area contributed by atoms with E-state index in [2.05, 4.69) is 10.5 Å². The summed E-state index contributed by atoms with van der Waals surface area (Å²) in [7, 11) is -3.39. The Balaban J connectivity index is 2.08. The summed E-state index contributed by atoms with van der Waals surface area (Å²) in [5, 5.41) is 6.49. The van der Waals surface area contributed by atoms with Crippen molar-refractivity contribution in [3.63, 3.8) is 0 Å². The van der Waals surface area contributed by atoms with Gasteiger partial charge in [0.15, 0.2) is 9.84 Å². The predicted molar refractivity (Wildman–Crippen MR) is 82.5 cm³/mol. The first-order valence-electron chi connectivity index (χ1n) is 6.79. The SMILES string of the molecule is Cc1noc(C)c1CCC(=O)Nc1ccccc1S(C)(=O)=O. The van der Waals surface area contributed by atoms with Crippen LogP contribution < -0.4 is 5.32 Å². The van der Waals surface area contributed by atoms with E-state index in [0.29, 0.717) is 17.9 Å². The number of aromatic nitrogens is 1. The van der Waals surface area contributed by atoms with Crippen LogP contribution in [-0.2, 0) is 21.1 Å². The predicted octanol–water partition coefficient (Wildman–Crippen LogP) is 2.27. The van der Waals surface area contributed by atoms with E-state index in [1.165, 1.54) is 6.07 Å². The van der Waals surface area contributed by atoms with Gasteiger partial charge >= 0.3 is 0 Å². The standard InChI is InChI=1S/C15H18N2O4S/c1-10-12(11(2)21-17-10)8-9-15(18)16-13-6-4-5-7-14(13)22(3,19)20/h4-7H,8-9H2,1-3H3,(H,16,18). The van der Waals surface area contributed by atoms with Crippen molar-refractivity contribution in [1.82, 2.24) is 5.16 Å². The molecule has 7 heteroatoms. The van der Waals surface area contributed by atoms with E-state index in [4.69, 9.17) is 4.52 Å². The molecule has 6 nitrogen and oxygen atoms in total. The molecule has 0 aliphatic rings. The minimum absolute atomic E-state index is 0.112. The number of aryl methyl sites for hydroxylation is 2. The Morgan fingerprint density at radius 3 is 2.55 bits per heavy atom. The monoisotopic (exact) mass is 322 g/mol. The summed E-state index contributed by atoms with van der Waals surface area (Å²) in [5.74, 6) is 0.443. The maximum atomic E-state index is 12.1. The van der Waals surface area contributed by atoms with Gasteiger partial charge in [0.2, 0.25) is 5.91 Å². The van der Waals surface area contributed by atoms with Crippen molar-refractivity contribution in [3.8, 4) is 0 Å². The highest BCUT2D eigenvalue weighted by Crippen LogP contribution is 2.21. The number of benzene rings is 1. The van der Waals surface area contributed by atoms with Crippen LogP contribution in [-0.4, -0.2) is 25.7 Å². The van der Waals surface area contributed by atoms with Gasteiger partial charge in [0.1, 0.15) is 5.76 Å². The van der Waals surface area contributed by atoms with Gasteiger partial charge in [-0.1, -0.05) is 17.3 Å². The van der Waals surface area contributed by atoms with Crippen LogP contribution in [0.3, 0.4) is 0 Å². The van der Waals surface area contributed by atoms with Crippen LogP contribution in [0.4, 0.5) is 5.69 Å². The maximum Gasteiger partial charge on any atom is 0.224 e. The molecule has 1 N–H and O–H groups in total. The van der Waals surface area contributed by atoms with Crippen LogP contribution in [0.2, 0.25) is 0 Å². The van der Waals surface area contributed by atoms with E-state index < -0.39 is 9.84 Å². The zero-order valence-electron chi connectivity index (χ0n) is 12.7. The summed E-state index contributed by atoms with van der Waals surface area (Å²) in [6.45, 7) is 3.62. The molecule has 0 fully saturated rings. The second-order valence-electron chi connectivity index (χ2n) is 5.12. The minimum atomic E-state index is -3.39. The molecule has 0 saturated carbocycles. The first-order valence-corrected chi connectivity index (χ1v) is 8.69. The number of anilines is 1. The van der Waals surface area contributed by atoms with Crippen molar-refractivity contribution in [3.05, 3.63) is 41.3 Å². The molecule has 0 bridgehead atoms. The fourth-order valence-corrected chi connectivity index (χ4v) is 3.05. The second-order valence-corrected chi connectivity index (χ2v) is 7.10. The Kier molecular flexibility index (Phi) is 4.65. The number of rotatable bonds is 5. The van der Waals surface area contributed by atoms with Crippen molar-refractivity contribution >= 4 is 21.4 Å². The van der Waals surface area contributed by atoms with Crippen LogP contribution >= 0.6 is 0 Å². The van der Waals surface area contributed by atoms with Crippen LogP contribution in [0.1, 0.15) is 23.4 Å². The number of hydrogen-bond acceptors (Lipinski definition) is 5. The Labute approximate surface area is 129 Å². The lowest BCUT2D eigenvalue weighted by Crippen LogP contribution is -2.15. The van der Waals surface area contributed by atoms with E-state index >= 15 is 0 Å². The minimum Gasteiger partial charge on any atom is -0.361 e. The first kappa shape index (κ1) is 16.2. The van der Waals surface area contributed by atoms with Crippen LogP contribution in [0, 0.1) is 13.8 Å². The van der Waals surface area contributed by atoms with E-state index in [1.54, 1.807) is 25.1 Å². The number of nitrogens with zero attached hydrogens (tertiary/aromatic N) is 1. The third kappa shape index (κ3) is 3.73. The molecule has 0 unspecified atom stereocenters. The van der Waals surface area contributed by atoms with Gasteiger partial charge in [0.25, 0.3) is 0 Å². The third-order valence-electron chi connectivity index (χ3n) is 3.34. The lowest BCUT2D eigenvalue weighted by atomic mass is 10.1. The van der Waals surface area contributed by atoms with Crippen molar-refractivity contribution in [1.29, 1.82) is 0 Å². The van der Waals surface area contributed by atoms with Gasteiger partial charge in [-0.15, -0.1) is 0 Å². The van der Waals surface area contributed by atoms with Crippen molar-refractivity contribution in [2.24, 2.45) is 0 Å². The topological polar surface area (TPSA) is 89.3 Å². The highest BCUT2D eigenvalue weighted by atomic mass is 32.2. The van der Waals surface area contributed by atoms with Gasteiger partial charge in [-0.3, -0.25) is 4.79 Å². The molecule has 2 rings (SSSR count). The molecule has 0 radical (unpaired) electrons. The molecule has 118 valence electrons. The number of amides is 1. The van der Waals surface area contributed by atoms with Gasteiger partial charge in [-0.25, -0.2) is 8.42 Å². The van der Waals surface area contributed by atoms with Gasteiger partial charge in [0, 0.05) is 18.2 Å². The Hall–Kier alpha value is -2.15. The maximum absolute atomic E-state index is 12.1. The zero-order chi connectivity index (χ0) is 16.3. The summed E-state index contributed by atoms with van der Waals surface area (Å²) in [6, 6.07) is 6.35. The van der Waals surface area contributed by atoms with Crippen molar-refractivity contribution in [2.75, 3.05) is 11.6 Å². The average molecular weight is 322 g/mol. The number of para-hydroxylation sites is 1. The fraction of sp³-hybridized carbons (Fsp3) is 0.333. The number of nitrogens with one attached hydrogen (secondary N) is 1. The lowest BCUT2D eigenvalue weighted by Gasteiger charge is -2.09. The molecular formula is C15H18N2O4S. The molecule has 0 saturated heterocycles. The molecule has 1 aromatic heterocycles. The van der Waals surface area contributed by atoms with Crippen molar-refractivity contribution < 1.29 is 17.7 Å². The number of carbonyl (C=O) groups is 1. The van der Waals surface area contributed by atoms with Gasteiger partial charge in [-0.05, 0) is 32.4 Å². The highest BCUT2D eigenvalue weighted by molar-refractivity contribution is 7.90.